The number of hydrogen-bond acceptors (Lipinski definition) is 4. The second kappa shape index (κ2) is 6.57. The van der Waals surface area contributed by atoms with Gasteiger partial charge in [0, 0.05) is 0 Å². The van der Waals surface area contributed by atoms with Crippen molar-refractivity contribution in [2.24, 2.45) is 0 Å². The highest BCUT2D eigenvalue weighted by molar-refractivity contribution is 7.52. The Morgan fingerprint density at radius 1 is 1.23 bits per heavy atom. The van der Waals surface area contributed by atoms with Gasteiger partial charge in [-0.2, -0.15) is 0 Å². The molecule has 1 heterocycles. The summed E-state index contributed by atoms with van der Waals surface area (Å²) in [6.07, 6.45) is 0. The SMILES string of the molecule is CCN(CC)CC.O=P1(O)OBO1. The first kappa shape index (κ1) is 13.1. The summed E-state index contributed by atoms with van der Waals surface area (Å²) in [5.41, 5.74) is 0. The van der Waals surface area contributed by atoms with Gasteiger partial charge in [0.05, 0.1) is 0 Å². The van der Waals surface area contributed by atoms with Crippen LogP contribution in [0.15, 0.2) is 0 Å². The van der Waals surface area contributed by atoms with Gasteiger partial charge in [0.1, 0.15) is 0 Å². The fourth-order valence-electron chi connectivity index (χ4n) is 0.814. The van der Waals surface area contributed by atoms with Crippen molar-refractivity contribution in [2.75, 3.05) is 19.6 Å². The van der Waals surface area contributed by atoms with E-state index in [9.17, 15) is 4.57 Å². The lowest BCUT2D eigenvalue weighted by atomic mass is 10.4. The minimum Gasteiger partial charge on any atom is -0.322 e. The van der Waals surface area contributed by atoms with Crippen LogP contribution in [0.3, 0.4) is 0 Å². The second-order valence-corrected chi connectivity index (χ2v) is 3.92. The van der Waals surface area contributed by atoms with Crippen LogP contribution < -0.4 is 0 Å². The van der Waals surface area contributed by atoms with Gasteiger partial charge >= 0.3 is 15.5 Å². The van der Waals surface area contributed by atoms with Crippen molar-refractivity contribution in [1.29, 1.82) is 0 Å². The lowest BCUT2D eigenvalue weighted by molar-refractivity contribution is 0.222. The van der Waals surface area contributed by atoms with E-state index < -0.39 is 7.82 Å². The smallest absolute Gasteiger partial charge is 0.322 e. The van der Waals surface area contributed by atoms with Gasteiger partial charge in [-0.1, -0.05) is 20.8 Å². The molecule has 0 atom stereocenters. The molecule has 0 aromatic rings. The van der Waals surface area contributed by atoms with Gasteiger partial charge in [-0.3, -0.25) is 0 Å². The predicted molar refractivity (Wildman–Crippen MR) is 52.6 cm³/mol. The second-order valence-electron chi connectivity index (χ2n) is 2.46. The molecular weight excluding hydrogens is 192 g/mol. The number of rotatable bonds is 3. The molecule has 1 saturated heterocycles. The van der Waals surface area contributed by atoms with E-state index in [1.165, 1.54) is 19.6 Å². The largest absolute Gasteiger partial charge is 0.456 e. The third-order valence-electron chi connectivity index (χ3n) is 1.77. The standard InChI is InChI=1S/C6H15N.BH2O4P/c1-4-7(5-2)6-3;2-6(3)4-1-5-6/h4-6H2,1-3H3;1H,(H,2,3). The molecule has 1 aliphatic heterocycles. The molecule has 0 aliphatic carbocycles. The highest BCUT2D eigenvalue weighted by Crippen LogP contribution is 2.49. The molecule has 1 N–H and O–H groups in total. The van der Waals surface area contributed by atoms with E-state index in [1.807, 2.05) is 0 Å². The van der Waals surface area contributed by atoms with Crippen LogP contribution in [0.2, 0.25) is 0 Å². The van der Waals surface area contributed by atoms with Gasteiger partial charge in [-0.05, 0) is 19.6 Å². The van der Waals surface area contributed by atoms with Crippen molar-refractivity contribution in [1.82, 2.24) is 4.90 Å². The predicted octanol–water partition coefficient (Wildman–Crippen LogP) is 0.748. The van der Waals surface area contributed by atoms with E-state index in [1.54, 1.807) is 0 Å². The minimum atomic E-state index is -3.47. The van der Waals surface area contributed by atoms with E-state index in [2.05, 4.69) is 34.6 Å². The van der Waals surface area contributed by atoms with Gasteiger partial charge in [-0.15, -0.1) is 0 Å². The molecule has 1 rings (SSSR count). The van der Waals surface area contributed by atoms with E-state index in [-0.39, 0.29) is 7.69 Å². The maximum atomic E-state index is 9.78. The first-order valence-electron chi connectivity index (χ1n) is 4.40. The Balaban J connectivity index is 0.000000223. The van der Waals surface area contributed by atoms with Gasteiger partial charge in [0.15, 0.2) is 0 Å². The fourth-order valence-corrected chi connectivity index (χ4v) is 1.10. The average molecular weight is 209 g/mol. The zero-order chi connectivity index (χ0) is 10.3. The Labute approximate surface area is 80.0 Å². The van der Waals surface area contributed by atoms with Crippen LogP contribution in [0.25, 0.3) is 0 Å². The molecule has 0 bridgehead atoms. The molecule has 0 radical (unpaired) electrons. The number of nitrogens with zero attached hydrogens (tertiary/aromatic N) is 1. The van der Waals surface area contributed by atoms with Crippen molar-refractivity contribution in [2.45, 2.75) is 20.8 Å². The van der Waals surface area contributed by atoms with Crippen LogP contribution in [0.5, 0.6) is 0 Å². The Kier molecular flexibility index (Phi) is 6.64. The molecule has 1 aliphatic rings. The fraction of sp³-hybridized carbons (Fsp3) is 1.00. The molecule has 0 spiro atoms. The zero-order valence-corrected chi connectivity index (χ0v) is 9.29. The van der Waals surface area contributed by atoms with Gasteiger partial charge in [-0.25, -0.2) is 4.57 Å². The molecule has 0 unspecified atom stereocenters. The summed E-state index contributed by atoms with van der Waals surface area (Å²) in [4.78, 5) is 10.4. The third kappa shape index (κ3) is 6.24. The van der Waals surface area contributed by atoms with Crippen LogP contribution in [-0.4, -0.2) is 37.1 Å². The summed E-state index contributed by atoms with van der Waals surface area (Å²) >= 11 is 0. The molecule has 78 valence electrons. The third-order valence-corrected chi connectivity index (χ3v) is 2.64. The normalized spacial score (nSPS) is 18.2. The van der Waals surface area contributed by atoms with Gasteiger partial charge in [0.25, 0.3) is 0 Å². The highest BCUT2D eigenvalue weighted by Gasteiger charge is 2.31. The Hall–Kier alpha value is 0.135. The topological polar surface area (TPSA) is 59.0 Å². The lowest BCUT2D eigenvalue weighted by Crippen LogP contribution is -2.21. The minimum absolute atomic E-state index is 0.0478. The maximum absolute atomic E-state index is 9.78. The summed E-state index contributed by atoms with van der Waals surface area (Å²) in [6.45, 7) is 10.1. The molecule has 0 amide bonds. The summed E-state index contributed by atoms with van der Waals surface area (Å²) < 4.78 is 17.8. The van der Waals surface area contributed by atoms with Crippen molar-refractivity contribution in [3.05, 3.63) is 0 Å². The van der Waals surface area contributed by atoms with E-state index >= 15 is 0 Å². The molecule has 1 fully saturated rings. The number of hydrogen-bond donors (Lipinski definition) is 1. The van der Waals surface area contributed by atoms with Crippen LogP contribution in [0, 0.1) is 0 Å². The van der Waals surface area contributed by atoms with Crippen molar-refractivity contribution >= 4 is 15.5 Å². The lowest BCUT2D eigenvalue weighted by Gasteiger charge is -2.17. The van der Waals surface area contributed by atoms with E-state index in [0.717, 1.165) is 0 Å². The van der Waals surface area contributed by atoms with E-state index in [4.69, 9.17) is 4.89 Å². The monoisotopic (exact) mass is 209 g/mol. The molecular formula is C6H17BNO4P. The summed E-state index contributed by atoms with van der Waals surface area (Å²) in [5, 5.41) is 0. The first-order chi connectivity index (χ1) is 6.05. The van der Waals surface area contributed by atoms with E-state index in [0.29, 0.717) is 0 Å². The van der Waals surface area contributed by atoms with Crippen LogP contribution >= 0.6 is 7.82 Å². The van der Waals surface area contributed by atoms with Crippen molar-refractivity contribution < 1.29 is 18.3 Å². The van der Waals surface area contributed by atoms with Crippen LogP contribution in [0.4, 0.5) is 0 Å². The zero-order valence-electron chi connectivity index (χ0n) is 8.39. The summed E-state index contributed by atoms with van der Waals surface area (Å²) in [5.74, 6) is 0. The average Bonchev–Trinajstić information content (AvgIpc) is 2.06. The molecule has 7 heteroatoms. The summed E-state index contributed by atoms with van der Waals surface area (Å²) in [7, 11) is -3.51. The van der Waals surface area contributed by atoms with Crippen molar-refractivity contribution in [3.8, 4) is 0 Å². The Morgan fingerprint density at radius 2 is 1.54 bits per heavy atom. The molecule has 0 aromatic carbocycles. The molecule has 13 heavy (non-hydrogen) atoms. The highest BCUT2D eigenvalue weighted by atomic mass is 31.2. The van der Waals surface area contributed by atoms with Gasteiger partial charge in [0.2, 0.25) is 0 Å². The van der Waals surface area contributed by atoms with Crippen molar-refractivity contribution in [3.63, 3.8) is 0 Å². The molecule has 0 aromatic heterocycles. The van der Waals surface area contributed by atoms with Gasteiger partial charge < -0.3 is 18.7 Å². The Morgan fingerprint density at radius 3 is 1.54 bits per heavy atom. The van der Waals surface area contributed by atoms with Crippen LogP contribution in [0.1, 0.15) is 20.8 Å². The summed E-state index contributed by atoms with van der Waals surface area (Å²) in [6, 6.07) is 0. The quantitative estimate of drug-likeness (QED) is 0.548. The van der Waals surface area contributed by atoms with Crippen LogP contribution in [-0.2, 0) is 13.4 Å². The first-order valence-corrected chi connectivity index (χ1v) is 5.89. The molecule has 5 nitrogen and oxygen atoms in total. The molecule has 0 saturated carbocycles. The number of phosphoric acid groups is 1. The Bertz CT molecular complexity index is 163. The maximum Gasteiger partial charge on any atom is 0.456 e.